The summed E-state index contributed by atoms with van der Waals surface area (Å²) >= 11 is 0. The second-order valence-corrected chi connectivity index (χ2v) is 1.72. The molecule has 0 aliphatic heterocycles. The monoisotopic (exact) mass is 114 g/mol. The first-order valence-corrected chi connectivity index (χ1v) is 2.50. The van der Waals surface area contributed by atoms with E-state index in [0.717, 1.165) is 0 Å². The smallest absolute Gasteiger partial charge is 0.157 e. The number of hydrogen-bond acceptors (Lipinski definition) is 2. The maximum atomic E-state index is 10.3. The van der Waals surface area contributed by atoms with Gasteiger partial charge in [0.25, 0.3) is 0 Å². The maximum Gasteiger partial charge on any atom is 0.157 e. The highest BCUT2D eigenvalue weighted by molar-refractivity contribution is 5.89. The molecule has 46 valence electrons. The van der Waals surface area contributed by atoms with E-state index in [-0.39, 0.29) is 12.2 Å². The number of carbonyl (C=O) groups excluding carboxylic acids is 1. The summed E-state index contributed by atoms with van der Waals surface area (Å²) in [5.74, 6) is -0.111. The van der Waals surface area contributed by atoms with Crippen LogP contribution < -0.4 is 0 Å². The number of carbonyl (C=O) groups is 1. The van der Waals surface area contributed by atoms with E-state index in [4.69, 9.17) is 5.11 Å². The number of allylic oxidation sites excluding steroid dienone is 1. The van der Waals surface area contributed by atoms with E-state index < -0.39 is 6.10 Å². The molecule has 0 saturated carbocycles. The first kappa shape index (κ1) is 7.37. The van der Waals surface area contributed by atoms with E-state index in [9.17, 15) is 4.79 Å². The van der Waals surface area contributed by atoms with Gasteiger partial charge in [-0.2, -0.15) is 0 Å². The number of aliphatic hydroxyl groups is 1. The third kappa shape index (κ3) is 3.56. The van der Waals surface area contributed by atoms with Crippen molar-refractivity contribution in [1.29, 1.82) is 0 Å². The summed E-state index contributed by atoms with van der Waals surface area (Å²) in [6, 6.07) is 0. The molecule has 8 heavy (non-hydrogen) atoms. The van der Waals surface area contributed by atoms with Gasteiger partial charge in [-0.1, -0.05) is 6.58 Å². The Kier molecular flexibility index (Phi) is 3.12. The molecule has 0 bridgehead atoms. The lowest BCUT2D eigenvalue weighted by atomic mass is 10.2. The summed E-state index contributed by atoms with van der Waals surface area (Å²) < 4.78 is 0. The standard InChI is InChI=1S/C6H10O2/c1-3-6(8)4-5(2)7/h3,5,7H,1,4H2,2H3. The van der Waals surface area contributed by atoms with Crippen molar-refractivity contribution in [2.24, 2.45) is 0 Å². The fourth-order valence-electron chi connectivity index (χ4n) is 0.374. The van der Waals surface area contributed by atoms with Gasteiger partial charge in [-0.3, -0.25) is 4.79 Å². The van der Waals surface area contributed by atoms with Crippen LogP contribution in [0.1, 0.15) is 13.3 Å². The van der Waals surface area contributed by atoms with Crippen LogP contribution in [-0.4, -0.2) is 17.0 Å². The maximum absolute atomic E-state index is 10.3. The van der Waals surface area contributed by atoms with Gasteiger partial charge in [-0.05, 0) is 13.0 Å². The van der Waals surface area contributed by atoms with E-state index >= 15 is 0 Å². The van der Waals surface area contributed by atoms with Crippen molar-refractivity contribution < 1.29 is 9.90 Å². The largest absolute Gasteiger partial charge is 0.393 e. The van der Waals surface area contributed by atoms with Crippen molar-refractivity contribution in [3.05, 3.63) is 12.7 Å². The van der Waals surface area contributed by atoms with Crippen LogP contribution in [0.15, 0.2) is 12.7 Å². The zero-order valence-corrected chi connectivity index (χ0v) is 4.92. The van der Waals surface area contributed by atoms with Gasteiger partial charge in [0.2, 0.25) is 0 Å². The lowest BCUT2D eigenvalue weighted by Gasteiger charge is -1.96. The SMILES string of the molecule is C=CC(=O)CC(C)O. The van der Waals surface area contributed by atoms with Gasteiger partial charge in [0.1, 0.15) is 0 Å². The van der Waals surface area contributed by atoms with Crippen LogP contribution in [0.4, 0.5) is 0 Å². The molecule has 0 spiro atoms. The predicted octanol–water partition coefficient (Wildman–Crippen LogP) is 0.512. The summed E-state index contributed by atoms with van der Waals surface area (Å²) in [5.41, 5.74) is 0. The van der Waals surface area contributed by atoms with E-state index in [2.05, 4.69) is 6.58 Å². The Bertz CT molecular complexity index is 94.7. The molecule has 2 nitrogen and oxygen atoms in total. The summed E-state index contributed by atoms with van der Waals surface area (Å²) in [7, 11) is 0. The zero-order valence-electron chi connectivity index (χ0n) is 4.92. The average molecular weight is 114 g/mol. The molecule has 1 unspecified atom stereocenters. The van der Waals surface area contributed by atoms with Crippen LogP contribution in [0, 0.1) is 0 Å². The summed E-state index contributed by atoms with van der Waals surface area (Å²) in [4.78, 5) is 10.3. The molecule has 2 heteroatoms. The average Bonchev–Trinajstić information content (AvgIpc) is 1.65. The van der Waals surface area contributed by atoms with E-state index in [1.807, 2.05) is 0 Å². The van der Waals surface area contributed by atoms with Gasteiger partial charge in [-0.25, -0.2) is 0 Å². The Morgan fingerprint density at radius 3 is 2.62 bits per heavy atom. The fraction of sp³-hybridized carbons (Fsp3) is 0.500. The number of rotatable bonds is 3. The second kappa shape index (κ2) is 3.38. The van der Waals surface area contributed by atoms with Crippen molar-refractivity contribution in [2.75, 3.05) is 0 Å². The summed E-state index contributed by atoms with van der Waals surface area (Å²) in [6.45, 7) is 4.82. The van der Waals surface area contributed by atoms with Crippen LogP contribution in [0.25, 0.3) is 0 Å². The molecule has 0 aliphatic carbocycles. The minimum Gasteiger partial charge on any atom is -0.393 e. The minimum atomic E-state index is -0.541. The van der Waals surface area contributed by atoms with Crippen molar-refractivity contribution >= 4 is 5.78 Å². The Morgan fingerprint density at radius 1 is 2.00 bits per heavy atom. The van der Waals surface area contributed by atoms with Crippen LogP contribution in [-0.2, 0) is 4.79 Å². The Morgan fingerprint density at radius 2 is 2.50 bits per heavy atom. The summed E-state index contributed by atoms with van der Waals surface area (Å²) in [6.07, 6.45) is 0.858. The number of hydrogen-bond donors (Lipinski definition) is 1. The van der Waals surface area contributed by atoms with Gasteiger partial charge in [0.05, 0.1) is 6.10 Å². The van der Waals surface area contributed by atoms with Crippen LogP contribution in [0.2, 0.25) is 0 Å². The lowest BCUT2D eigenvalue weighted by Crippen LogP contribution is -2.05. The molecule has 0 aromatic rings. The molecular weight excluding hydrogens is 104 g/mol. The Balaban J connectivity index is 3.39. The zero-order chi connectivity index (χ0) is 6.57. The minimum absolute atomic E-state index is 0.111. The van der Waals surface area contributed by atoms with Gasteiger partial charge in [-0.15, -0.1) is 0 Å². The van der Waals surface area contributed by atoms with E-state index in [0.29, 0.717) is 0 Å². The number of aliphatic hydroxyl groups excluding tert-OH is 1. The first-order chi connectivity index (χ1) is 3.66. The third-order valence-electron chi connectivity index (χ3n) is 0.724. The molecule has 0 aliphatic rings. The van der Waals surface area contributed by atoms with Crippen molar-refractivity contribution in [1.82, 2.24) is 0 Å². The van der Waals surface area contributed by atoms with E-state index in [1.54, 1.807) is 6.92 Å². The van der Waals surface area contributed by atoms with E-state index in [1.165, 1.54) is 6.08 Å². The highest BCUT2D eigenvalue weighted by atomic mass is 16.3. The van der Waals surface area contributed by atoms with Gasteiger partial charge in [0.15, 0.2) is 5.78 Å². The molecule has 0 aromatic carbocycles. The molecule has 1 atom stereocenters. The second-order valence-electron chi connectivity index (χ2n) is 1.72. The molecular formula is C6H10O2. The third-order valence-corrected chi connectivity index (χ3v) is 0.724. The summed E-state index contributed by atoms with van der Waals surface area (Å²) in [5, 5.41) is 8.59. The van der Waals surface area contributed by atoms with Gasteiger partial charge < -0.3 is 5.11 Å². The van der Waals surface area contributed by atoms with Crippen LogP contribution >= 0.6 is 0 Å². The molecule has 0 radical (unpaired) electrons. The molecule has 0 rings (SSSR count). The predicted molar refractivity (Wildman–Crippen MR) is 31.5 cm³/mol. The van der Waals surface area contributed by atoms with Gasteiger partial charge >= 0.3 is 0 Å². The molecule has 1 N–H and O–H groups in total. The van der Waals surface area contributed by atoms with Crippen LogP contribution in [0.5, 0.6) is 0 Å². The quantitative estimate of drug-likeness (QED) is 0.543. The fourth-order valence-corrected chi connectivity index (χ4v) is 0.374. The highest BCUT2D eigenvalue weighted by Crippen LogP contribution is 1.90. The Labute approximate surface area is 48.8 Å². The van der Waals surface area contributed by atoms with Crippen molar-refractivity contribution in [3.8, 4) is 0 Å². The van der Waals surface area contributed by atoms with Gasteiger partial charge in [0, 0.05) is 6.42 Å². The molecule has 0 fully saturated rings. The highest BCUT2D eigenvalue weighted by Gasteiger charge is 1.99. The van der Waals surface area contributed by atoms with Crippen LogP contribution in [0.3, 0.4) is 0 Å². The lowest BCUT2D eigenvalue weighted by molar-refractivity contribution is -0.116. The molecule has 0 heterocycles. The van der Waals surface area contributed by atoms with Crippen molar-refractivity contribution in [3.63, 3.8) is 0 Å². The first-order valence-electron chi connectivity index (χ1n) is 2.50. The Hall–Kier alpha value is -0.630. The normalized spacial score (nSPS) is 12.8. The topological polar surface area (TPSA) is 37.3 Å². The molecule has 0 aromatic heterocycles. The molecule has 0 saturated heterocycles. The molecule has 0 amide bonds. The number of ketones is 1. The van der Waals surface area contributed by atoms with Crippen molar-refractivity contribution in [2.45, 2.75) is 19.4 Å².